The molecule has 0 bridgehead atoms. The third-order valence-corrected chi connectivity index (χ3v) is 3.17. The van der Waals surface area contributed by atoms with Gasteiger partial charge in [-0.1, -0.05) is 25.1 Å². The van der Waals surface area contributed by atoms with Crippen LogP contribution in [0.3, 0.4) is 0 Å². The van der Waals surface area contributed by atoms with Crippen LogP contribution in [0.2, 0.25) is 0 Å². The number of nitrogen functional groups attached to an aromatic ring is 1. The Hall–Kier alpha value is -2.63. The standard InChI is InChI=1S/C14H16N6/c1-2-10(18-9-6-4-3-5-7-9)13-19-12(15)11-14(20-13)17-8-16-11/h3-8,10,18H,2H2,1H3,(H3,15,16,17,19,20). The van der Waals surface area contributed by atoms with Gasteiger partial charge in [0.25, 0.3) is 0 Å². The van der Waals surface area contributed by atoms with Gasteiger partial charge in [0.05, 0.1) is 12.4 Å². The van der Waals surface area contributed by atoms with Crippen LogP contribution < -0.4 is 11.1 Å². The maximum Gasteiger partial charge on any atom is 0.183 e. The average Bonchev–Trinajstić information content (AvgIpc) is 2.95. The topological polar surface area (TPSA) is 92.5 Å². The first-order valence-electron chi connectivity index (χ1n) is 6.56. The number of benzene rings is 1. The van der Waals surface area contributed by atoms with Gasteiger partial charge in [-0.15, -0.1) is 0 Å². The Kier molecular flexibility index (Phi) is 3.20. The number of nitrogens with one attached hydrogen (secondary N) is 2. The number of nitrogens with two attached hydrogens (primary N) is 1. The third kappa shape index (κ3) is 2.27. The smallest absolute Gasteiger partial charge is 0.183 e. The summed E-state index contributed by atoms with van der Waals surface area (Å²) in [6.45, 7) is 2.08. The van der Waals surface area contributed by atoms with Gasteiger partial charge in [0.2, 0.25) is 0 Å². The lowest BCUT2D eigenvalue weighted by molar-refractivity contribution is 0.698. The Morgan fingerprint density at radius 1 is 1.25 bits per heavy atom. The van der Waals surface area contributed by atoms with E-state index in [-0.39, 0.29) is 6.04 Å². The van der Waals surface area contributed by atoms with Crippen molar-refractivity contribution in [3.63, 3.8) is 0 Å². The lowest BCUT2D eigenvalue weighted by Gasteiger charge is -2.17. The molecule has 1 atom stereocenters. The highest BCUT2D eigenvalue weighted by molar-refractivity contribution is 5.80. The minimum atomic E-state index is 0.000741. The molecule has 0 spiro atoms. The van der Waals surface area contributed by atoms with Crippen LogP contribution >= 0.6 is 0 Å². The molecule has 3 aromatic rings. The maximum absolute atomic E-state index is 5.94. The van der Waals surface area contributed by atoms with Crippen LogP contribution in [0.5, 0.6) is 0 Å². The Bertz CT molecular complexity index is 706. The number of hydrogen-bond acceptors (Lipinski definition) is 5. The number of hydrogen-bond donors (Lipinski definition) is 3. The zero-order chi connectivity index (χ0) is 13.9. The second-order valence-electron chi connectivity index (χ2n) is 4.54. The number of fused-ring (bicyclic) bond motifs is 1. The number of imidazole rings is 1. The third-order valence-electron chi connectivity index (χ3n) is 3.17. The maximum atomic E-state index is 5.94. The lowest BCUT2D eigenvalue weighted by atomic mass is 10.2. The molecule has 0 radical (unpaired) electrons. The van der Waals surface area contributed by atoms with E-state index >= 15 is 0 Å². The molecule has 2 heterocycles. The van der Waals surface area contributed by atoms with E-state index in [1.165, 1.54) is 0 Å². The molecule has 1 unspecified atom stereocenters. The molecule has 20 heavy (non-hydrogen) atoms. The monoisotopic (exact) mass is 268 g/mol. The van der Waals surface area contributed by atoms with Crippen LogP contribution in [0.15, 0.2) is 36.7 Å². The van der Waals surface area contributed by atoms with Gasteiger partial charge in [0, 0.05) is 5.69 Å². The quantitative estimate of drug-likeness (QED) is 0.676. The van der Waals surface area contributed by atoms with Crippen molar-refractivity contribution in [2.75, 3.05) is 11.1 Å². The van der Waals surface area contributed by atoms with E-state index in [0.29, 0.717) is 22.8 Å². The van der Waals surface area contributed by atoms with Crippen molar-refractivity contribution in [1.29, 1.82) is 0 Å². The summed E-state index contributed by atoms with van der Waals surface area (Å²) in [6, 6.07) is 9.98. The average molecular weight is 268 g/mol. The van der Waals surface area contributed by atoms with E-state index < -0.39 is 0 Å². The molecule has 6 nitrogen and oxygen atoms in total. The number of anilines is 2. The van der Waals surface area contributed by atoms with Crippen molar-refractivity contribution in [1.82, 2.24) is 19.9 Å². The van der Waals surface area contributed by atoms with Crippen LogP contribution in [0.25, 0.3) is 11.2 Å². The first kappa shape index (κ1) is 12.4. The molecule has 6 heteroatoms. The molecule has 0 saturated heterocycles. The molecule has 2 aromatic heterocycles. The fourth-order valence-corrected chi connectivity index (χ4v) is 2.11. The van der Waals surface area contributed by atoms with E-state index in [1.54, 1.807) is 6.33 Å². The number of aromatic amines is 1. The molecular weight excluding hydrogens is 252 g/mol. The molecule has 0 aliphatic heterocycles. The summed E-state index contributed by atoms with van der Waals surface area (Å²) in [5.74, 6) is 1.09. The number of rotatable bonds is 4. The lowest BCUT2D eigenvalue weighted by Crippen LogP contribution is -2.14. The highest BCUT2D eigenvalue weighted by atomic mass is 15.1. The van der Waals surface area contributed by atoms with E-state index in [0.717, 1.165) is 12.1 Å². The molecule has 1 aromatic carbocycles. The Balaban J connectivity index is 1.94. The molecule has 0 aliphatic carbocycles. The van der Waals surface area contributed by atoms with E-state index in [4.69, 9.17) is 5.73 Å². The number of nitrogens with zero attached hydrogens (tertiary/aromatic N) is 3. The summed E-state index contributed by atoms with van der Waals surface area (Å²) in [4.78, 5) is 15.9. The summed E-state index contributed by atoms with van der Waals surface area (Å²) in [7, 11) is 0. The predicted octanol–water partition coefficient (Wildman–Crippen LogP) is 2.50. The summed E-state index contributed by atoms with van der Waals surface area (Å²) < 4.78 is 0. The number of aromatic nitrogens is 4. The fraction of sp³-hybridized carbons (Fsp3) is 0.214. The number of para-hydroxylation sites is 1. The van der Waals surface area contributed by atoms with Crippen LogP contribution in [0.4, 0.5) is 11.5 Å². The molecule has 0 amide bonds. The van der Waals surface area contributed by atoms with Crippen molar-refractivity contribution in [3.05, 3.63) is 42.5 Å². The Morgan fingerprint density at radius 2 is 2.05 bits per heavy atom. The Labute approximate surface area is 116 Å². The number of H-pyrrole nitrogens is 1. The first-order chi connectivity index (χ1) is 9.78. The molecule has 4 N–H and O–H groups in total. The van der Waals surface area contributed by atoms with Crippen molar-refractivity contribution >= 4 is 22.7 Å². The fourth-order valence-electron chi connectivity index (χ4n) is 2.11. The first-order valence-corrected chi connectivity index (χ1v) is 6.56. The molecule has 102 valence electrons. The largest absolute Gasteiger partial charge is 0.382 e. The normalized spacial score (nSPS) is 12.4. The van der Waals surface area contributed by atoms with Crippen LogP contribution in [-0.2, 0) is 0 Å². The zero-order valence-corrected chi connectivity index (χ0v) is 11.2. The minimum Gasteiger partial charge on any atom is -0.382 e. The Morgan fingerprint density at radius 3 is 2.80 bits per heavy atom. The molecule has 0 saturated carbocycles. The van der Waals surface area contributed by atoms with E-state index in [1.807, 2.05) is 30.3 Å². The van der Waals surface area contributed by atoms with E-state index in [9.17, 15) is 0 Å². The summed E-state index contributed by atoms with van der Waals surface area (Å²) >= 11 is 0. The van der Waals surface area contributed by atoms with Gasteiger partial charge in [-0.3, -0.25) is 0 Å². The highest BCUT2D eigenvalue weighted by Crippen LogP contribution is 2.22. The van der Waals surface area contributed by atoms with Gasteiger partial charge in [-0.2, -0.15) is 0 Å². The molecular formula is C14H16N6. The molecule has 0 fully saturated rings. The van der Waals surface area contributed by atoms with Gasteiger partial charge in [0.1, 0.15) is 5.52 Å². The van der Waals surface area contributed by atoms with Crippen LogP contribution in [0.1, 0.15) is 25.2 Å². The van der Waals surface area contributed by atoms with Crippen molar-refractivity contribution < 1.29 is 0 Å². The second kappa shape index (κ2) is 5.16. The van der Waals surface area contributed by atoms with Crippen LogP contribution in [0, 0.1) is 0 Å². The second-order valence-corrected chi connectivity index (χ2v) is 4.54. The zero-order valence-electron chi connectivity index (χ0n) is 11.2. The van der Waals surface area contributed by atoms with Gasteiger partial charge < -0.3 is 16.0 Å². The van der Waals surface area contributed by atoms with Crippen molar-refractivity contribution in [3.8, 4) is 0 Å². The minimum absolute atomic E-state index is 0.000741. The molecule has 0 aliphatic rings. The van der Waals surface area contributed by atoms with Crippen LogP contribution in [-0.4, -0.2) is 19.9 Å². The summed E-state index contributed by atoms with van der Waals surface area (Å²) in [5.41, 5.74) is 8.25. The SMILES string of the molecule is CCC(Nc1ccccc1)c1nc(N)c2[nH]cnc2n1. The predicted molar refractivity (Wildman–Crippen MR) is 79.2 cm³/mol. The van der Waals surface area contributed by atoms with E-state index in [2.05, 4.69) is 32.2 Å². The van der Waals surface area contributed by atoms with Crippen molar-refractivity contribution in [2.45, 2.75) is 19.4 Å². The van der Waals surface area contributed by atoms with Gasteiger partial charge in [0.15, 0.2) is 17.3 Å². The van der Waals surface area contributed by atoms with Gasteiger partial charge >= 0.3 is 0 Å². The van der Waals surface area contributed by atoms with Crippen molar-refractivity contribution in [2.24, 2.45) is 0 Å². The van der Waals surface area contributed by atoms with Gasteiger partial charge in [-0.05, 0) is 18.6 Å². The van der Waals surface area contributed by atoms with Gasteiger partial charge in [-0.25, -0.2) is 15.0 Å². The summed E-state index contributed by atoms with van der Waals surface area (Å²) in [6.07, 6.45) is 2.43. The summed E-state index contributed by atoms with van der Waals surface area (Å²) in [5, 5.41) is 3.41. The highest BCUT2D eigenvalue weighted by Gasteiger charge is 2.15. The molecule has 3 rings (SSSR count).